The van der Waals surface area contributed by atoms with Crippen LogP contribution in [0, 0.1) is 5.41 Å². The molecular formula is C15H19F3N2O. The quantitative estimate of drug-likeness (QED) is 0.896. The normalized spacial score (nSPS) is 22.3. The van der Waals surface area contributed by atoms with Gasteiger partial charge in [0.1, 0.15) is 0 Å². The maximum Gasteiger partial charge on any atom is 0.404 e. The molecule has 1 fully saturated rings. The van der Waals surface area contributed by atoms with Crippen molar-refractivity contribution in [3.8, 4) is 0 Å². The average molecular weight is 300 g/mol. The van der Waals surface area contributed by atoms with E-state index in [1.165, 1.54) is 0 Å². The zero-order valence-electron chi connectivity index (χ0n) is 11.9. The van der Waals surface area contributed by atoms with Crippen molar-refractivity contribution in [3.05, 3.63) is 35.4 Å². The Labute approximate surface area is 121 Å². The second-order valence-electron chi connectivity index (χ2n) is 5.36. The van der Waals surface area contributed by atoms with E-state index < -0.39 is 17.5 Å². The minimum absolute atomic E-state index is 0.112. The third-order valence-corrected chi connectivity index (χ3v) is 4.02. The molecule has 0 aromatic heterocycles. The summed E-state index contributed by atoms with van der Waals surface area (Å²) in [6, 6.07) is 7.48. The minimum atomic E-state index is -4.54. The first kappa shape index (κ1) is 15.8. The minimum Gasteiger partial charge on any atom is -0.351 e. The molecule has 1 aliphatic heterocycles. The van der Waals surface area contributed by atoms with Crippen LogP contribution in [-0.2, 0) is 17.8 Å². The van der Waals surface area contributed by atoms with E-state index in [4.69, 9.17) is 0 Å². The molecule has 1 amide bonds. The van der Waals surface area contributed by atoms with Crippen molar-refractivity contribution in [1.82, 2.24) is 10.6 Å². The lowest BCUT2D eigenvalue weighted by molar-refractivity contribution is -0.216. The van der Waals surface area contributed by atoms with Crippen LogP contribution >= 0.6 is 0 Å². The van der Waals surface area contributed by atoms with Gasteiger partial charge < -0.3 is 10.6 Å². The first-order valence-electron chi connectivity index (χ1n) is 7.02. The summed E-state index contributed by atoms with van der Waals surface area (Å²) in [7, 11) is 0. The van der Waals surface area contributed by atoms with E-state index in [1.807, 2.05) is 31.2 Å². The number of aryl methyl sites for hydroxylation is 1. The number of hydrogen-bond acceptors (Lipinski definition) is 2. The summed E-state index contributed by atoms with van der Waals surface area (Å²) in [5.74, 6) is -0.945. The molecule has 6 heteroatoms. The maximum absolute atomic E-state index is 13.2. The Morgan fingerprint density at radius 1 is 1.29 bits per heavy atom. The maximum atomic E-state index is 13.2. The fraction of sp³-hybridized carbons (Fsp3) is 0.533. The van der Waals surface area contributed by atoms with Gasteiger partial charge in [-0.3, -0.25) is 4.79 Å². The molecule has 21 heavy (non-hydrogen) atoms. The molecule has 0 saturated carbocycles. The molecule has 0 bridgehead atoms. The zero-order valence-corrected chi connectivity index (χ0v) is 11.9. The molecule has 1 aromatic carbocycles. The Balaban J connectivity index is 2.02. The van der Waals surface area contributed by atoms with E-state index in [2.05, 4.69) is 10.6 Å². The van der Waals surface area contributed by atoms with Crippen LogP contribution in [0.5, 0.6) is 0 Å². The number of nitrogens with one attached hydrogen (secondary N) is 2. The Bertz CT molecular complexity index is 491. The Morgan fingerprint density at radius 3 is 2.38 bits per heavy atom. The number of amides is 1. The monoisotopic (exact) mass is 300 g/mol. The van der Waals surface area contributed by atoms with E-state index in [0.717, 1.165) is 17.5 Å². The molecule has 0 radical (unpaired) electrons. The highest BCUT2D eigenvalue weighted by atomic mass is 19.4. The molecular weight excluding hydrogens is 281 g/mol. The van der Waals surface area contributed by atoms with Gasteiger partial charge in [-0.1, -0.05) is 31.2 Å². The predicted octanol–water partition coefficient (Wildman–Crippen LogP) is 2.41. The number of hydrogen-bond donors (Lipinski definition) is 2. The largest absolute Gasteiger partial charge is 0.404 e. The third kappa shape index (κ3) is 3.20. The summed E-state index contributed by atoms with van der Waals surface area (Å²) in [6.45, 7) is 1.99. The molecule has 0 spiro atoms. The van der Waals surface area contributed by atoms with E-state index in [-0.39, 0.29) is 26.1 Å². The summed E-state index contributed by atoms with van der Waals surface area (Å²) in [5, 5.41) is 5.06. The van der Waals surface area contributed by atoms with Crippen molar-refractivity contribution in [2.45, 2.75) is 32.5 Å². The second kappa shape index (κ2) is 6.05. The summed E-state index contributed by atoms with van der Waals surface area (Å²) in [6.07, 6.45) is -3.85. The molecule has 1 aliphatic rings. The van der Waals surface area contributed by atoms with Crippen LogP contribution in [0.25, 0.3) is 0 Å². The Kier molecular flexibility index (Phi) is 4.56. The van der Waals surface area contributed by atoms with Gasteiger partial charge in [-0.2, -0.15) is 13.2 Å². The fourth-order valence-electron chi connectivity index (χ4n) is 2.50. The van der Waals surface area contributed by atoms with Gasteiger partial charge in [-0.25, -0.2) is 0 Å². The van der Waals surface area contributed by atoms with Crippen molar-refractivity contribution in [2.24, 2.45) is 5.41 Å². The molecule has 2 N–H and O–H groups in total. The van der Waals surface area contributed by atoms with Gasteiger partial charge in [0, 0.05) is 13.1 Å². The summed E-state index contributed by atoms with van der Waals surface area (Å²) >= 11 is 0. The molecule has 1 saturated heterocycles. The van der Waals surface area contributed by atoms with Crippen LogP contribution in [0.2, 0.25) is 0 Å². The molecule has 1 unspecified atom stereocenters. The number of carbonyl (C=O) groups excluding carboxylic acids is 1. The van der Waals surface area contributed by atoms with Crippen LogP contribution in [-0.4, -0.2) is 25.2 Å². The van der Waals surface area contributed by atoms with E-state index in [1.54, 1.807) is 0 Å². The number of benzene rings is 1. The first-order valence-corrected chi connectivity index (χ1v) is 7.02. The van der Waals surface area contributed by atoms with Crippen LogP contribution in [0.4, 0.5) is 13.2 Å². The van der Waals surface area contributed by atoms with Crippen LogP contribution in [0.15, 0.2) is 24.3 Å². The Morgan fingerprint density at radius 2 is 1.90 bits per heavy atom. The average Bonchev–Trinajstić information content (AvgIpc) is 2.96. The number of alkyl halides is 3. The van der Waals surface area contributed by atoms with E-state index in [9.17, 15) is 18.0 Å². The molecule has 116 valence electrons. The van der Waals surface area contributed by atoms with Crippen molar-refractivity contribution in [3.63, 3.8) is 0 Å². The molecule has 1 atom stereocenters. The smallest absolute Gasteiger partial charge is 0.351 e. The highest BCUT2D eigenvalue weighted by molar-refractivity contribution is 5.84. The lowest BCUT2D eigenvalue weighted by Crippen LogP contribution is -2.52. The van der Waals surface area contributed by atoms with Crippen molar-refractivity contribution < 1.29 is 18.0 Å². The van der Waals surface area contributed by atoms with Gasteiger partial charge in [0.2, 0.25) is 5.91 Å². The predicted molar refractivity (Wildman–Crippen MR) is 73.6 cm³/mol. The van der Waals surface area contributed by atoms with Gasteiger partial charge in [-0.15, -0.1) is 0 Å². The molecule has 1 aromatic rings. The molecule has 3 nitrogen and oxygen atoms in total. The summed E-state index contributed by atoms with van der Waals surface area (Å²) in [4.78, 5) is 12.0. The van der Waals surface area contributed by atoms with Gasteiger partial charge in [0.25, 0.3) is 0 Å². The first-order chi connectivity index (χ1) is 9.89. The van der Waals surface area contributed by atoms with Crippen LogP contribution < -0.4 is 10.6 Å². The Hall–Kier alpha value is -1.56. The van der Waals surface area contributed by atoms with Crippen molar-refractivity contribution in [1.29, 1.82) is 0 Å². The standard InChI is InChI=1S/C15H19F3N2O/c1-2-11-3-5-12(6-4-11)9-20-13(21)14(15(16,17)18)7-8-19-10-14/h3-6,19H,2,7-10H2,1H3,(H,20,21). The molecule has 1 heterocycles. The van der Waals surface area contributed by atoms with E-state index in [0.29, 0.717) is 0 Å². The topological polar surface area (TPSA) is 41.1 Å². The second-order valence-corrected chi connectivity index (χ2v) is 5.36. The number of carbonyl (C=O) groups is 1. The fourth-order valence-corrected chi connectivity index (χ4v) is 2.50. The van der Waals surface area contributed by atoms with Gasteiger partial charge in [-0.05, 0) is 30.5 Å². The van der Waals surface area contributed by atoms with Gasteiger partial charge >= 0.3 is 6.18 Å². The molecule has 0 aliphatic carbocycles. The lowest BCUT2D eigenvalue weighted by Gasteiger charge is -2.29. The highest BCUT2D eigenvalue weighted by Gasteiger charge is 2.61. The van der Waals surface area contributed by atoms with Crippen LogP contribution in [0.1, 0.15) is 24.5 Å². The lowest BCUT2D eigenvalue weighted by atomic mass is 9.85. The summed E-state index contributed by atoms with van der Waals surface area (Å²) in [5.41, 5.74) is -0.350. The van der Waals surface area contributed by atoms with Crippen molar-refractivity contribution >= 4 is 5.91 Å². The van der Waals surface area contributed by atoms with Crippen LogP contribution in [0.3, 0.4) is 0 Å². The van der Waals surface area contributed by atoms with Crippen molar-refractivity contribution in [2.75, 3.05) is 13.1 Å². The summed E-state index contributed by atoms with van der Waals surface area (Å²) < 4.78 is 39.6. The van der Waals surface area contributed by atoms with Gasteiger partial charge in [0.05, 0.1) is 0 Å². The van der Waals surface area contributed by atoms with E-state index >= 15 is 0 Å². The SMILES string of the molecule is CCc1ccc(CNC(=O)C2(C(F)(F)F)CCNC2)cc1. The number of rotatable bonds is 4. The third-order valence-electron chi connectivity index (χ3n) is 4.02. The number of halogens is 3. The highest BCUT2D eigenvalue weighted by Crippen LogP contribution is 2.43. The zero-order chi connectivity index (χ0) is 15.5. The molecule has 2 rings (SSSR count). The van der Waals surface area contributed by atoms with Gasteiger partial charge in [0.15, 0.2) is 5.41 Å².